The van der Waals surface area contributed by atoms with Crippen LogP contribution in [0.3, 0.4) is 0 Å². The maximum atomic E-state index is 5.35. The summed E-state index contributed by atoms with van der Waals surface area (Å²) >= 11 is 0.925. The van der Waals surface area contributed by atoms with Crippen LogP contribution >= 0.6 is 0 Å². The fourth-order valence-electron chi connectivity index (χ4n) is 0.900. The summed E-state index contributed by atoms with van der Waals surface area (Å²) in [6.07, 6.45) is 0. The molecule has 0 aromatic rings. The van der Waals surface area contributed by atoms with Gasteiger partial charge in [-0.1, -0.05) is 0 Å². The topological polar surface area (TPSA) is 9.23 Å². The van der Waals surface area contributed by atoms with Crippen LogP contribution in [-0.4, -0.2) is 29.1 Å². The van der Waals surface area contributed by atoms with Gasteiger partial charge in [0, 0.05) is 0 Å². The van der Waals surface area contributed by atoms with E-state index < -0.39 is 7.65 Å². The minimum absolute atomic E-state index is 0.556. The van der Waals surface area contributed by atoms with Gasteiger partial charge in [-0.3, -0.25) is 0 Å². The minimum atomic E-state index is -0.556. The third kappa shape index (κ3) is 1.59. The predicted octanol–water partition coefficient (Wildman–Crippen LogP) is 0.625. The van der Waals surface area contributed by atoms with Gasteiger partial charge in [0.05, 0.1) is 0 Å². The molecular weight excluding hydrogens is 183 g/mol. The summed E-state index contributed by atoms with van der Waals surface area (Å²) in [6, 6.07) is 1.44. The Morgan fingerprint density at radius 3 is 2.75 bits per heavy atom. The summed E-state index contributed by atoms with van der Waals surface area (Å²) in [5.41, 5.74) is 0. The average molecular weight is 195 g/mol. The molecule has 1 fully saturated rings. The van der Waals surface area contributed by atoms with E-state index in [0.717, 1.165) is 20.2 Å². The zero-order chi connectivity index (χ0) is 5.98. The van der Waals surface area contributed by atoms with Gasteiger partial charge in [0.1, 0.15) is 0 Å². The first-order chi connectivity index (χ1) is 3.83. The Kier molecular flexibility index (Phi) is 2.57. The van der Waals surface area contributed by atoms with E-state index in [2.05, 4.69) is 6.92 Å². The summed E-state index contributed by atoms with van der Waals surface area (Å²) in [5.74, 6) is 0.992. The Hall–Kier alpha value is 0.696. The van der Waals surface area contributed by atoms with Crippen molar-refractivity contribution in [2.24, 2.45) is 5.92 Å². The first-order valence-electron chi connectivity index (χ1n) is 2.97. The summed E-state index contributed by atoms with van der Waals surface area (Å²) in [4.78, 5) is 0. The molecular formula is C5H12OSeSi. The Balaban J connectivity index is 2.22. The van der Waals surface area contributed by atoms with Crippen LogP contribution in [0.2, 0.25) is 11.4 Å². The van der Waals surface area contributed by atoms with Gasteiger partial charge in [-0.05, 0) is 0 Å². The van der Waals surface area contributed by atoms with E-state index in [9.17, 15) is 0 Å². The van der Waals surface area contributed by atoms with Crippen LogP contribution in [0, 0.1) is 5.92 Å². The van der Waals surface area contributed by atoms with Gasteiger partial charge in [-0.25, -0.2) is 0 Å². The van der Waals surface area contributed by atoms with Crippen LogP contribution < -0.4 is 0 Å². The normalized spacial score (nSPS) is 38.2. The summed E-state index contributed by atoms with van der Waals surface area (Å²) < 4.78 is 5.35. The summed E-state index contributed by atoms with van der Waals surface area (Å²) in [5, 5.41) is 1.48. The van der Waals surface area contributed by atoms with Crippen molar-refractivity contribution < 1.29 is 4.43 Å². The molecule has 0 aromatic carbocycles. The van der Waals surface area contributed by atoms with Gasteiger partial charge in [-0.15, -0.1) is 0 Å². The van der Waals surface area contributed by atoms with E-state index in [1.807, 2.05) is 7.11 Å². The zero-order valence-corrected chi connectivity index (χ0v) is 8.25. The van der Waals surface area contributed by atoms with Crippen molar-refractivity contribution >= 4 is 22.0 Å². The molecule has 2 atom stereocenters. The van der Waals surface area contributed by atoms with Gasteiger partial charge >= 0.3 is 57.7 Å². The number of hydrogen-bond donors (Lipinski definition) is 0. The molecule has 0 aromatic heterocycles. The quantitative estimate of drug-likeness (QED) is 0.557. The molecule has 0 N–H and O–H groups in total. The fraction of sp³-hybridized carbons (Fsp3) is 1.00. The molecule has 1 saturated heterocycles. The summed E-state index contributed by atoms with van der Waals surface area (Å²) in [6.45, 7) is 2.34. The van der Waals surface area contributed by atoms with E-state index in [-0.39, 0.29) is 0 Å². The molecule has 0 spiro atoms. The van der Waals surface area contributed by atoms with E-state index in [1.165, 1.54) is 11.4 Å². The van der Waals surface area contributed by atoms with Crippen molar-refractivity contribution in [2.75, 3.05) is 7.11 Å². The molecule has 1 aliphatic heterocycles. The number of rotatable bonds is 1. The van der Waals surface area contributed by atoms with Gasteiger partial charge in [0.2, 0.25) is 0 Å². The third-order valence-corrected chi connectivity index (χ3v) is 10.9. The SMILES string of the molecule is CO[SiH]1CC(C)C[Se]1. The second-order valence-corrected chi connectivity index (χ2v) is 10.6. The van der Waals surface area contributed by atoms with Crippen molar-refractivity contribution in [3.05, 3.63) is 0 Å². The zero-order valence-electron chi connectivity index (χ0n) is 5.39. The molecule has 8 heavy (non-hydrogen) atoms. The van der Waals surface area contributed by atoms with Crippen molar-refractivity contribution in [2.45, 2.75) is 18.3 Å². The van der Waals surface area contributed by atoms with Crippen LogP contribution in [0.4, 0.5) is 0 Å². The van der Waals surface area contributed by atoms with E-state index >= 15 is 0 Å². The van der Waals surface area contributed by atoms with Crippen LogP contribution in [-0.2, 0) is 4.43 Å². The van der Waals surface area contributed by atoms with Gasteiger partial charge in [-0.2, -0.15) is 0 Å². The van der Waals surface area contributed by atoms with Crippen molar-refractivity contribution in [1.29, 1.82) is 0 Å². The van der Waals surface area contributed by atoms with Crippen LogP contribution in [0.15, 0.2) is 0 Å². The van der Waals surface area contributed by atoms with E-state index in [1.54, 1.807) is 0 Å². The molecule has 48 valence electrons. The van der Waals surface area contributed by atoms with E-state index in [0.29, 0.717) is 0 Å². The van der Waals surface area contributed by atoms with Crippen molar-refractivity contribution in [3.8, 4) is 0 Å². The maximum absolute atomic E-state index is 5.35. The molecule has 0 saturated carbocycles. The standard InChI is InChI=1S/C5H12OSeSi/c1-5-3-7-8(4-5)6-2/h5,8H,3-4H2,1-2H3. The van der Waals surface area contributed by atoms with Gasteiger partial charge in [0.25, 0.3) is 0 Å². The average Bonchev–Trinajstić information content (AvgIpc) is 2.14. The number of hydrogen-bond acceptors (Lipinski definition) is 1. The molecule has 0 bridgehead atoms. The molecule has 1 aliphatic rings. The molecule has 0 radical (unpaired) electrons. The summed E-state index contributed by atoms with van der Waals surface area (Å²) in [7, 11) is 1.33. The second kappa shape index (κ2) is 3.02. The molecule has 2 unspecified atom stereocenters. The molecule has 1 nitrogen and oxygen atoms in total. The molecule has 3 heteroatoms. The van der Waals surface area contributed by atoms with Crippen LogP contribution in [0.25, 0.3) is 0 Å². The first kappa shape index (κ1) is 6.81. The monoisotopic (exact) mass is 196 g/mol. The molecule has 1 rings (SSSR count). The van der Waals surface area contributed by atoms with Crippen LogP contribution in [0.5, 0.6) is 0 Å². The fourth-order valence-corrected chi connectivity index (χ4v) is 10.8. The Morgan fingerprint density at radius 1 is 1.75 bits per heavy atom. The first-order valence-corrected chi connectivity index (χ1v) is 8.91. The third-order valence-electron chi connectivity index (χ3n) is 1.42. The van der Waals surface area contributed by atoms with Crippen molar-refractivity contribution in [3.63, 3.8) is 0 Å². The Morgan fingerprint density at radius 2 is 2.50 bits per heavy atom. The van der Waals surface area contributed by atoms with Crippen LogP contribution in [0.1, 0.15) is 6.92 Å². The van der Waals surface area contributed by atoms with Crippen molar-refractivity contribution in [1.82, 2.24) is 0 Å². The second-order valence-electron chi connectivity index (χ2n) is 2.34. The predicted molar refractivity (Wildman–Crippen MR) is 38.7 cm³/mol. The van der Waals surface area contributed by atoms with Gasteiger partial charge in [0.15, 0.2) is 0 Å². The molecule has 1 heterocycles. The van der Waals surface area contributed by atoms with E-state index in [4.69, 9.17) is 4.43 Å². The van der Waals surface area contributed by atoms with Gasteiger partial charge < -0.3 is 0 Å². The Labute approximate surface area is 58.1 Å². The molecule has 0 amide bonds. The Bertz CT molecular complexity index is 78.8. The molecule has 0 aliphatic carbocycles.